The van der Waals surface area contributed by atoms with E-state index in [1.807, 2.05) is 26.0 Å². The van der Waals surface area contributed by atoms with Crippen molar-refractivity contribution in [3.8, 4) is 0 Å². The van der Waals surface area contributed by atoms with Gasteiger partial charge in [0, 0.05) is 22.5 Å². The molecule has 19 heavy (non-hydrogen) atoms. The van der Waals surface area contributed by atoms with E-state index in [4.69, 9.17) is 11.6 Å². The van der Waals surface area contributed by atoms with Gasteiger partial charge >= 0.3 is 0 Å². The fraction of sp³-hybridized carbons (Fsp3) is 0.286. The van der Waals surface area contributed by atoms with Crippen LogP contribution in [0.3, 0.4) is 0 Å². The second-order valence-corrected chi connectivity index (χ2v) is 6.14. The molecule has 1 aromatic heterocycles. The topological polar surface area (TPSA) is 12.0 Å². The van der Waals surface area contributed by atoms with Gasteiger partial charge in [-0.3, -0.25) is 0 Å². The molecule has 102 valence electrons. The van der Waals surface area contributed by atoms with Gasteiger partial charge in [0.2, 0.25) is 0 Å². The molecule has 2 unspecified atom stereocenters. The third-order valence-electron chi connectivity index (χ3n) is 2.97. The Bertz CT molecular complexity index is 570. The maximum Gasteiger partial charge on any atom is 0.163 e. The van der Waals surface area contributed by atoms with Crippen LogP contribution in [0.15, 0.2) is 30.3 Å². The van der Waals surface area contributed by atoms with Crippen molar-refractivity contribution >= 4 is 22.9 Å². The zero-order valence-electron chi connectivity index (χ0n) is 10.6. The summed E-state index contributed by atoms with van der Waals surface area (Å²) in [6.07, 6.45) is 0. The van der Waals surface area contributed by atoms with E-state index >= 15 is 0 Å². The van der Waals surface area contributed by atoms with E-state index in [0.29, 0.717) is 9.90 Å². The Hall–Kier alpha value is -0.970. The molecule has 1 heterocycles. The molecule has 0 aliphatic heterocycles. The smallest absolute Gasteiger partial charge is 0.163 e. The van der Waals surface area contributed by atoms with Gasteiger partial charge < -0.3 is 5.32 Å². The van der Waals surface area contributed by atoms with Crippen LogP contribution in [0.5, 0.6) is 0 Å². The Balaban J connectivity index is 2.12. The molecule has 0 fully saturated rings. The fourth-order valence-corrected chi connectivity index (χ4v) is 3.04. The van der Waals surface area contributed by atoms with Crippen LogP contribution in [-0.4, -0.2) is 0 Å². The predicted molar refractivity (Wildman–Crippen MR) is 75.7 cm³/mol. The molecular formula is C14H14ClF2NS. The maximum absolute atomic E-state index is 13.7. The molecule has 1 N–H and O–H groups in total. The fourth-order valence-electron chi connectivity index (χ4n) is 1.96. The second kappa shape index (κ2) is 5.99. The summed E-state index contributed by atoms with van der Waals surface area (Å²) >= 11 is 7.36. The summed E-state index contributed by atoms with van der Waals surface area (Å²) in [5.74, 6) is -1.61. The molecule has 0 aliphatic carbocycles. The van der Waals surface area contributed by atoms with Gasteiger partial charge in [-0.25, -0.2) is 8.78 Å². The van der Waals surface area contributed by atoms with E-state index in [9.17, 15) is 8.78 Å². The number of rotatable bonds is 4. The molecule has 2 atom stereocenters. The molecular weight excluding hydrogens is 288 g/mol. The number of nitrogens with one attached hydrogen (secondary N) is 1. The maximum atomic E-state index is 13.7. The van der Waals surface area contributed by atoms with Gasteiger partial charge in [0.1, 0.15) is 0 Å². The highest BCUT2D eigenvalue weighted by Crippen LogP contribution is 2.29. The van der Waals surface area contributed by atoms with E-state index in [1.165, 1.54) is 17.4 Å². The van der Waals surface area contributed by atoms with Gasteiger partial charge in [0.05, 0.1) is 4.34 Å². The minimum absolute atomic E-state index is 0.0233. The van der Waals surface area contributed by atoms with E-state index in [2.05, 4.69) is 5.32 Å². The van der Waals surface area contributed by atoms with E-state index in [1.54, 1.807) is 6.07 Å². The van der Waals surface area contributed by atoms with Gasteiger partial charge in [0.15, 0.2) is 11.6 Å². The van der Waals surface area contributed by atoms with E-state index in [0.717, 1.165) is 10.9 Å². The van der Waals surface area contributed by atoms with Crippen molar-refractivity contribution in [2.45, 2.75) is 25.9 Å². The third-order valence-corrected chi connectivity index (χ3v) is 4.38. The molecule has 0 saturated carbocycles. The minimum atomic E-state index is -0.821. The summed E-state index contributed by atoms with van der Waals surface area (Å²) in [5, 5.41) is 3.24. The molecule has 5 heteroatoms. The zero-order valence-corrected chi connectivity index (χ0v) is 12.2. The first kappa shape index (κ1) is 14.4. The van der Waals surface area contributed by atoms with Crippen LogP contribution < -0.4 is 5.32 Å². The quantitative estimate of drug-likeness (QED) is 0.829. The first-order chi connectivity index (χ1) is 8.99. The lowest BCUT2D eigenvalue weighted by atomic mass is 10.1. The summed E-state index contributed by atoms with van der Waals surface area (Å²) < 4.78 is 27.6. The molecule has 0 aliphatic rings. The molecule has 0 spiro atoms. The van der Waals surface area contributed by atoms with E-state index in [-0.39, 0.29) is 12.1 Å². The number of thiophene rings is 1. The zero-order chi connectivity index (χ0) is 14.0. The summed E-state index contributed by atoms with van der Waals surface area (Å²) in [6.45, 7) is 3.78. The van der Waals surface area contributed by atoms with Crippen molar-refractivity contribution in [2.75, 3.05) is 0 Å². The van der Waals surface area contributed by atoms with Crippen molar-refractivity contribution in [1.82, 2.24) is 5.32 Å². The number of hydrogen-bond donors (Lipinski definition) is 1. The van der Waals surface area contributed by atoms with Crippen molar-refractivity contribution in [3.05, 3.63) is 56.7 Å². The standard InChI is InChI=1S/C14H14ClF2NS/c1-8(10-4-3-5-11(16)14(10)17)18-9(2)12-6-7-13(15)19-12/h3-9,18H,1-2H3. The van der Waals surface area contributed by atoms with Gasteiger partial charge in [0.25, 0.3) is 0 Å². The summed E-state index contributed by atoms with van der Waals surface area (Å²) in [4.78, 5) is 1.06. The van der Waals surface area contributed by atoms with Crippen molar-refractivity contribution in [1.29, 1.82) is 0 Å². The Morgan fingerprint density at radius 3 is 2.47 bits per heavy atom. The lowest BCUT2D eigenvalue weighted by Gasteiger charge is -2.20. The molecule has 1 nitrogen and oxygen atoms in total. The minimum Gasteiger partial charge on any atom is -0.303 e. The van der Waals surface area contributed by atoms with Crippen LogP contribution in [0.1, 0.15) is 36.4 Å². The van der Waals surface area contributed by atoms with Crippen molar-refractivity contribution in [3.63, 3.8) is 0 Å². The average molecular weight is 302 g/mol. The van der Waals surface area contributed by atoms with Crippen LogP contribution in [0.4, 0.5) is 8.78 Å². The average Bonchev–Trinajstić information content (AvgIpc) is 2.79. The lowest BCUT2D eigenvalue weighted by molar-refractivity contribution is 0.451. The summed E-state index contributed by atoms with van der Waals surface area (Å²) in [7, 11) is 0. The number of halogens is 3. The highest BCUT2D eigenvalue weighted by molar-refractivity contribution is 7.16. The first-order valence-corrected chi connectivity index (χ1v) is 7.13. The predicted octanol–water partition coefficient (Wildman–Crippen LogP) is 5.09. The SMILES string of the molecule is CC(NC(C)c1cccc(F)c1F)c1ccc(Cl)s1. The lowest BCUT2D eigenvalue weighted by Crippen LogP contribution is -2.22. The highest BCUT2D eigenvalue weighted by Gasteiger charge is 2.17. The van der Waals surface area contributed by atoms with Crippen molar-refractivity contribution < 1.29 is 8.78 Å². The molecule has 0 amide bonds. The van der Waals surface area contributed by atoms with Gasteiger partial charge in [-0.05, 0) is 32.0 Å². The van der Waals surface area contributed by atoms with Crippen molar-refractivity contribution in [2.24, 2.45) is 0 Å². The Kier molecular flexibility index (Phi) is 4.55. The molecule has 1 aromatic carbocycles. The summed E-state index contributed by atoms with van der Waals surface area (Å²) in [5.41, 5.74) is 0.328. The largest absolute Gasteiger partial charge is 0.303 e. The van der Waals surface area contributed by atoms with Gasteiger partial charge in [-0.15, -0.1) is 11.3 Å². The molecule has 0 saturated heterocycles. The second-order valence-electron chi connectivity index (χ2n) is 4.39. The van der Waals surface area contributed by atoms with Gasteiger partial charge in [-0.2, -0.15) is 0 Å². The Morgan fingerprint density at radius 1 is 1.11 bits per heavy atom. The van der Waals surface area contributed by atoms with Crippen LogP contribution in [0.25, 0.3) is 0 Å². The van der Waals surface area contributed by atoms with Crippen LogP contribution in [-0.2, 0) is 0 Å². The number of hydrogen-bond acceptors (Lipinski definition) is 2. The first-order valence-electron chi connectivity index (χ1n) is 5.94. The van der Waals surface area contributed by atoms with Crippen LogP contribution in [0.2, 0.25) is 4.34 Å². The Morgan fingerprint density at radius 2 is 1.84 bits per heavy atom. The van der Waals surface area contributed by atoms with Crippen LogP contribution >= 0.6 is 22.9 Å². The highest BCUT2D eigenvalue weighted by atomic mass is 35.5. The monoisotopic (exact) mass is 301 g/mol. The van der Waals surface area contributed by atoms with E-state index < -0.39 is 11.6 Å². The molecule has 0 bridgehead atoms. The summed E-state index contributed by atoms with van der Waals surface area (Å²) in [6, 6.07) is 7.71. The Labute approximate surface area is 120 Å². The third kappa shape index (κ3) is 3.32. The van der Waals surface area contributed by atoms with Crippen LogP contribution in [0, 0.1) is 11.6 Å². The molecule has 2 aromatic rings. The molecule has 2 rings (SSSR count). The number of benzene rings is 1. The molecule has 0 radical (unpaired) electrons. The van der Waals surface area contributed by atoms with Gasteiger partial charge in [-0.1, -0.05) is 23.7 Å². The normalized spacial score (nSPS) is 14.4.